The zero-order chi connectivity index (χ0) is 49.0. The van der Waals surface area contributed by atoms with Crippen LogP contribution in [0.4, 0.5) is 17.1 Å². The van der Waals surface area contributed by atoms with Crippen LogP contribution in [0.3, 0.4) is 0 Å². The fraction of sp³-hybridized carbons (Fsp3) is 0.281. The fourth-order valence-corrected chi connectivity index (χ4v) is 11.7. The maximum Gasteiger partial charge on any atom is 0.217 e. The van der Waals surface area contributed by atoms with Crippen LogP contribution in [-0.2, 0) is 48.1 Å². The molecule has 362 valence electrons. The van der Waals surface area contributed by atoms with Gasteiger partial charge in [0.25, 0.3) is 0 Å². The smallest absolute Gasteiger partial charge is 0.217 e. The fourth-order valence-electron chi connectivity index (χ4n) is 11.7. The summed E-state index contributed by atoms with van der Waals surface area (Å²) in [4.78, 5) is 9.56. The Hall–Kier alpha value is -6.36. The summed E-state index contributed by atoms with van der Waals surface area (Å²) in [6.07, 6.45) is 3.87. The van der Waals surface area contributed by atoms with Crippen LogP contribution in [0.2, 0.25) is 0 Å². The van der Waals surface area contributed by atoms with E-state index in [9.17, 15) is 0 Å². The van der Waals surface area contributed by atoms with Gasteiger partial charge in [0, 0.05) is 73.0 Å². The Morgan fingerprint density at radius 2 is 1.20 bits per heavy atom. The summed E-state index contributed by atoms with van der Waals surface area (Å²) in [6.45, 7) is 30.7. The largest absolute Gasteiger partial charge is 0.509 e. The number of hydrogen-bond acceptors (Lipinski definition) is 4. The van der Waals surface area contributed by atoms with Gasteiger partial charge in [0.05, 0.1) is 0 Å². The molecule has 1 spiro atoms. The SMILES string of the molecule is CN1[CH-]N2c3[c-]c(Oc4[c-]c5c(cc4)c4ccccc4n5-c4nccn4-c4ccccc4)ccc3C3(c4cccc1c42)c1c(cc(C(C)(C)C)cc1C(C)(C)C)-c1cc(C(C)(C)C)cc(C(C)(C)C)c13.[Pt]. The number of fused-ring (bicyclic) bond motifs is 12. The van der Waals surface area contributed by atoms with Crippen LogP contribution in [0.1, 0.15) is 128 Å². The second-order valence-corrected chi connectivity index (χ2v) is 24.0. The van der Waals surface area contributed by atoms with Gasteiger partial charge in [0.15, 0.2) is 0 Å². The van der Waals surface area contributed by atoms with Gasteiger partial charge in [0.2, 0.25) is 5.95 Å². The van der Waals surface area contributed by atoms with Crippen molar-refractivity contribution < 1.29 is 25.8 Å². The molecule has 3 aliphatic rings. The number of rotatable bonds is 4. The van der Waals surface area contributed by atoms with Crippen molar-refractivity contribution in [1.82, 2.24) is 14.1 Å². The summed E-state index contributed by atoms with van der Waals surface area (Å²) in [5.41, 5.74) is 18.5. The Labute approximate surface area is 434 Å². The van der Waals surface area contributed by atoms with E-state index in [1.165, 1.54) is 67.0 Å². The predicted molar refractivity (Wildman–Crippen MR) is 289 cm³/mol. The van der Waals surface area contributed by atoms with E-state index in [1.54, 1.807) is 0 Å². The molecule has 0 amide bonds. The van der Waals surface area contributed by atoms with Gasteiger partial charge in [-0.2, -0.15) is 18.8 Å². The quantitative estimate of drug-likeness (QED) is 0.165. The van der Waals surface area contributed by atoms with Crippen molar-refractivity contribution in [1.29, 1.82) is 0 Å². The second kappa shape index (κ2) is 15.8. The van der Waals surface area contributed by atoms with Crippen molar-refractivity contribution in [2.24, 2.45) is 0 Å². The van der Waals surface area contributed by atoms with Crippen LogP contribution < -0.4 is 14.5 Å². The van der Waals surface area contributed by atoms with Crippen molar-refractivity contribution >= 4 is 38.9 Å². The molecule has 0 N–H and O–H groups in total. The number of benzene rings is 7. The zero-order valence-corrected chi connectivity index (χ0v) is 45.5. The van der Waals surface area contributed by atoms with Gasteiger partial charge >= 0.3 is 0 Å². The van der Waals surface area contributed by atoms with Gasteiger partial charge < -0.3 is 19.1 Å². The van der Waals surface area contributed by atoms with Crippen LogP contribution in [0, 0.1) is 18.8 Å². The minimum absolute atomic E-state index is 0. The maximum absolute atomic E-state index is 7.01. The third-order valence-corrected chi connectivity index (χ3v) is 15.2. The van der Waals surface area contributed by atoms with E-state index in [0.717, 1.165) is 39.1 Å². The molecule has 0 radical (unpaired) electrons. The number of nitrogens with zero attached hydrogens (tertiary/aromatic N) is 5. The zero-order valence-electron chi connectivity index (χ0n) is 43.2. The van der Waals surface area contributed by atoms with E-state index in [0.29, 0.717) is 11.5 Å². The summed E-state index contributed by atoms with van der Waals surface area (Å²) in [5, 5.41) is 2.20. The molecule has 2 aromatic heterocycles. The third-order valence-electron chi connectivity index (χ3n) is 15.2. The monoisotopic (exact) mass is 1110 g/mol. The molecule has 0 atom stereocenters. The van der Waals surface area contributed by atoms with E-state index in [2.05, 4.69) is 237 Å². The van der Waals surface area contributed by atoms with Crippen LogP contribution in [0.15, 0.2) is 134 Å². The number of imidazole rings is 1. The van der Waals surface area contributed by atoms with E-state index in [1.807, 2.05) is 24.5 Å². The van der Waals surface area contributed by atoms with Gasteiger partial charge in [-0.25, -0.2) is 4.98 Å². The van der Waals surface area contributed by atoms with Gasteiger partial charge in [0.1, 0.15) is 0 Å². The Morgan fingerprint density at radius 1 is 0.592 bits per heavy atom. The van der Waals surface area contributed by atoms with Gasteiger partial charge in [-0.05, 0) is 108 Å². The number of aromatic nitrogens is 3. The molecule has 4 heterocycles. The topological polar surface area (TPSA) is 38.5 Å². The standard InChI is InChI=1S/C64H62N5O.Pt/c1-60(2,3)39-32-46-47-33-40(61(4,5)6)35-51(63(10,11)12)57(47)64(56(46)50(34-39)62(7,8)9)48-29-27-43(37-55(48)68-38-66(13)53-25-19-23-49(64)58(53)68)70-42-26-28-45-44-22-17-18-24-52(44)69(54(45)36-42)59-65-30-31-67(59)41-20-15-14-16-21-41;/h14-35,38H,1-13H3;/q-3;. The first kappa shape index (κ1) is 47.0. The summed E-state index contributed by atoms with van der Waals surface area (Å²) in [6, 6.07) is 52.3. The predicted octanol–water partition coefficient (Wildman–Crippen LogP) is 15.9. The maximum atomic E-state index is 7.01. The first-order chi connectivity index (χ1) is 33.2. The first-order valence-electron chi connectivity index (χ1n) is 24.8. The molecule has 0 saturated carbocycles. The van der Waals surface area contributed by atoms with E-state index in [-0.39, 0.29) is 42.7 Å². The normalized spacial score (nSPS) is 14.7. The second-order valence-electron chi connectivity index (χ2n) is 24.0. The molecule has 7 heteroatoms. The Kier molecular flexibility index (Phi) is 10.5. The molecule has 12 rings (SSSR count). The van der Waals surface area contributed by atoms with Gasteiger partial charge in [-0.3, -0.25) is 4.57 Å². The molecule has 2 aliphatic heterocycles. The number of hydrogen-bond donors (Lipinski definition) is 0. The number of ether oxygens (including phenoxy) is 1. The Balaban J connectivity index is 0.00000547. The van der Waals surface area contributed by atoms with Crippen molar-refractivity contribution in [3.8, 4) is 34.3 Å². The molecule has 0 saturated heterocycles. The van der Waals surface area contributed by atoms with Crippen LogP contribution in [0.5, 0.6) is 11.5 Å². The van der Waals surface area contributed by atoms with Gasteiger partial charge in [-0.15, -0.1) is 35.2 Å². The van der Waals surface area contributed by atoms with Crippen LogP contribution in [-0.4, -0.2) is 21.2 Å². The van der Waals surface area contributed by atoms with Crippen molar-refractivity contribution in [3.63, 3.8) is 0 Å². The number of para-hydroxylation sites is 3. The molecular formula is C64H62N5OPt-3. The molecule has 7 aromatic carbocycles. The molecule has 71 heavy (non-hydrogen) atoms. The average molecular weight is 1110 g/mol. The molecular weight excluding hydrogens is 1050 g/mol. The van der Waals surface area contributed by atoms with Gasteiger partial charge in [-0.1, -0.05) is 167 Å². The van der Waals surface area contributed by atoms with Crippen molar-refractivity contribution in [3.05, 3.63) is 197 Å². The minimum atomic E-state index is -0.680. The summed E-state index contributed by atoms with van der Waals surface area (Å²) in [7, 11) is 2.16. The van der Waals surface area contributed by atoms with E-state index < -0.39 is 5.41 Å². The van der Waals surface area contributed by atoms with Crippen molar-refractivity contribution in [2.75, 3.05) is 16.8 Å². The summed E-state index contributed by atoms with van der Waals surface area (Å²) >= 11 is 0. The molecule has 0 bridgehead atoms. The van der Waals surface area contributed by atoms with E-state index >= 15 is 0 Å². The minimum Gasteiger partial charge on any atom is -0.509 e. The number of anilines is 3. The molecule has 6 nitrogen and oxygen atoms in total. The average Bonchev–Trinajstić information content (AvgIpc) is 4.08. The summed E-state index contributed by atoms with van der Waals surface area (Å²) in [5.74, 6) is 2.01. The molecule has 0 unspecified atom stereocenters. The first-order valence-corrected chi connectivity index (χ1v) is 24.8. The Bertz CT molecular complexity index is 3540. The van der Waals surface area contributed by atoms with Crippen molar-refractivity contribution in [2.45, 2.75) is 110 Å². The molecule has 1 aliphatic carbocycles. The third kappa shape index (κ3) is 6.94. The molecule has 9 aromatic rings. The Morgan fingerprint density at radius 3 is 1.83 bits per heavy atom. The van der Waals surface area contributed by atoms with E-state index in [4.69, 9.17) is 9.72 Å². The summed E-state index contributed by atoms with van der Waals surface area (Å²) < 4.78 is 11.3. The van der Waals surface area contributed by atoms with Crippen LogP contribution in [0.25, 0.3) is 44.6 Å². The van der Waals surface area contributed by atoms with Crippen LogP contribution >= 0.6 is 0 Å². The molecule has 0 fully saturated rings.